The quantitative estimate of drug-likeness (QED) is 0.841. The summed E-state index contributed by atoms with van der Waals surface area (Å²) in [4.78, 5) is 12.4. The van der Waals surface area contributed by atoms with Gasteiger partial charge in [0.2, 0.25) is 0 Å². The van der Waals surface area contributed by atoms with E-state index in [0.29, 0.717) is 19.0 Å². The molecule has 3 rings (SSSR count). The minimum atomic E-state index is -0.808. The fourth-order valence-corrected chi connectivity index (χ4v) is 3.33. The van der Waals surface area contributed by atoms with E-state index in [4.69, 9.17) is 14.4 Å². The van der Waals surface area contributed by atoms with Crippen LogP contribution in [0.4, 0.5) is 4.79 Å². The third kappa shape index (κ3) is 3.85. The lowest BCUT2D eigenvalue weighted by Gasteiger charge is -2.32. The Bertz CT molecular complexity index is 607. The number of nitrogens with zero attached hydrogens (tertiary/aromatic N) is 3. The smallest absolute Gasteiger partial charge is 0.465 e. The average molecular weight is 349 g/mol. The number of carbonyl (C=O) groups is 1. The van der Waals surface area contributed by atoms with E-state index in [9.17, 15) is 4.79 Å². The maximum Gasteiger partial charge on any atom is 0.498 e. The molecule has 1 amide bonds. The minimum absolute atomic E-state index is 0.349. The van der Waals surface area contributed by atoms with E-state index in [1.807, 2.05) is 44.8 Å². The van der Waals surface area contributed by atoms with Crippen molar-refractivity contribution in [1.82, 2.24) is 14.7 Å². The van der Waals surface area contributed by atoms with Crippen molar-refractivity contribution in [2.24, 2.45) is 5.92 Å². The fraction of sp³-hybridized carbons (Fsp3) is 0.765. The molecule has 2 fully saturated rings. The van der Waals surface area contributed by atoms with Crippen molar-refractivity contribution >= 4 is 18.7 Å². The molecule has 8 heteroatoms. The number of carboxylic acid groups (broad SMARTS) is 1. The summed E-state index contributed by atoms with van der Waals surface area (Å²) in [7, 11) is -0.377. The number of piperidine rings is 1. The van der Waals surface area contributed by atoms with Crippen LogP contribution >= 0.6 is 0 Å². The lowest BCUT2D eigenvalue weighted by Crippen LogP contribution is -2.41. The van der Waals surface area contributed by atoms with E-state index < -0.39 is 6.09 Å². The average Bonchev–Trinajstić information content (AvgIpc) is 3.08. The number of likely N-dealkylation sites (tertiary alicyclic amines) is 1. The van der Waals surface area contributed by atoms with Crippen molar-refractivity contribution < 1.29 is 19.2 Å². The number of hydrogen-bond acceptors (Lipinski definition) is 4. The van der Waals surface area contributed by atoms with Crippen LogP contribution in [0.25, 0.3) is 0 Å². The van der Waals surface area contributed by atoms with Crippen LogP contribution in [-0.2, 0) is 15.9 Å². The van der Waals surface area contributed by atoms with Crippen LogP contribution in [0.2, 0.25) is 0 Å². The molecule has 138 valence electrons. The first kappa shape index (κ1) is 18.3. The summed E-state index contributed by atoms with van der Waals surface area (Å²) in [5.74, 6) is 0.556. The standard InChI is InChI=1S/C17H28BN3O4/c1-16(2)17(3,4)25-18(24-16)14-11-19-21(12-14)10-7-13-5-8-20(9-6-13)15(22)23/h11-13H,5-10H2,1-4H3,(H,22,23). The molecule has 0 aromatic carbocycles. The van der Waals surface area contributed by atoms with Gasteiger partial charge in [-0.2, -0.15) is 5.10 Å². The highest BCUT2D eigenvalue weighted by Crippen LogP contribution is 2.36. The van der Waals surface area contributed by atoms with E-state index in [1.165, 1.54) is 4.90 Å². The zero-order valence-electron chi connectivity index (χ0n) is 15.6. The van der Waals surface area contributed by atoms with Crippen LogP contribution in [0.3, 0.4) is 0 Å². The monoisotopic (exact) mass is 349 g/mol. The van der Waals surface area contributed by atoms with Crippen LogP contribution in [0.15, 0.2) is 12.4 Å². The number of hydrogen-bond donors (Lipinski definition) is 1. The van der Waals surface area contributed by atoms with Gasteiger partial charge in [-0.15, -0.1) is 0 Å². The molecule has 25 heavy (non-hydrogen) atoms. The van der Waals surface area contributed by atoms with Gasteiger partial charge in [-0.25, -0.2) is 4.79 Å². The molecule has 2 aliphatic rings. The molecule has 3 heterocycles. The maximum absolute atomic E-state index is 10.9. The first-order valence-corrected chi connectivity index (χ1v) is 9.04. The molecule has 2 saturated heterocycles. The second-order valence-corrected chi connectivity index (χ2v) is 8.13. The highest BCUT2D eigenvalue weighted by Gasteiger charge is 2.52. The molecule has 0 radical (unpaired) electrons. The van der Waals surface area contributed by atoms with E-state index in [0.717, 1.165) is 31.3 Å². The SMILES string of the molecule is CC1(C)OB(c2cnn(CCC3CCN(C(=O)O)CC3)c2)OC1(C)C. The molecule has 1 aromatic heterocycles. The van der Waals surface area contributed by atoms with Crippen molar-refractivity contribution in [2.75, 3.05) is 13.1 Å². The molecule has 0 unspecified atom stereocenters. The molecule has 0 spiro atoms. The Labute approximate surface area is 149 Å². The highest BCUT2D eigenvalue weighted by atomic mass is 16.7. The summed E-state index contributed by atoms with van der Waals surface area (Å²) in [5.41, 5.74) is 0.245. The van der Waals surface area contributed by atoms with Gasteiger partial charge in [0.1, 0.15) is 0 Å². The minimum Gasteiger partial charge on any atom is -0.465 e. The Morgan fingerprint density at radius 3 is 2.44 bits per heavy atom. The molecule has 1 aromatic rings. The Morgan fingerprint density at radius 2 is 1.88 bits per heavy atom. The molecular formula is C17H28BN3O4. The third-order valence-corrected chi connectivity index (χ3v) is 5.83. The van der Waals surface area contributed by atoms with Crippen molar-refractivity contribution in [2.45, 2.75) is 64.7 Å². The van der Waals surface area contributed by atoms with Gasteiger partial charge in [-0.3, -0.25) is 4.68 Å². The number of amides is 1. The van der Waals surface area contributed by atoms with Crippen LogP contribution in [0.5, 0.6) is 0 Å². The maximum atomic E-state index is 10.9. The molecule has 0 atom stereocenters. The van der Waals surface area contributed by atoms with Gasteiger partial charge >= 0.3 is 13.2 Å². The number of rotatable bonds is 4. The van der Waals surface area contributed by atoms with E-state index in [1.54, 1.807) is 0 Å². The van der Waals surface area contributed by atoms with Crippen molar-refractivity contribution in [3.8, 4) is 0 Å². The third-order valence-electron chi connectivity index (χ3n) is 5.83. The molecule has 0 bridgehead atoms. The fourth-order valence-electron chi connectivity index (χ4n) is 3.33. The molecule has 7 nitrogen and oxygen atoms in total. The Morgan fingerprint density at radius 1 is 1.28 bits per heavy atom. The van der Waals surface area contributed by atoms with Crippen LogP contribution < -0.4 is 5.46 Å². The molecular weight excluding hydrogens is 321 g/mol. The van der Waals surface area contributed by atoms with Crippen LogP contribution in [0.1, 0.15) is 47.0 Å². The molecule has 2 aliphatic heterocycles. The highest BCUT2D eigenvalue weighted by molar-refractivity contribution is 6.61. The predicted octanol–water partition coefficient (Wildman–Crippen LogP) is 1.96. The summed E-state index contributed by atoms with van der Waals surface area (Å²) in [5, 5.41) is 13.4. The Hall–Kier alpha value is -1.54. The summed E-state index contributed by atoms with van der Waals surface area (Å²) in [6.45, 7) is 10.3. The molecule has 0 aliphatic carbocycles. The lowest BCUT2D eigenvalue weighted by atomic mass is 9.82. The largest absolute Gasteiger partial charge is 0.498 e. The first-order valence-electron chi connectivity index (χ1n) is 9.04. The Kier molecular flexibility index (Phi) is 4.85. The van der Waals surface area contributed by atoms with E-state index in [2.05, 4.69) is 5.10 Å². The van der Waals surface area contributed by atoms with Gasteiger partial charge in [-0.1, -0.05) is 0 Å². The lowest BCUT2D eigenvalue weighted by molar-refractivity contribution is 0.00578. The van der Waals surface area contributed by atoms with Crippen molar-refractivity contribution in [3.63, 3.8) is 0 Å². The van der Waals surface area contributed by atoms with Crippen LogP contribution in [0, 0.1) is 5.92 Å². The van der Waals surface area contributed by atoms with E-state index >= 15 is 0 Å². The van der Waals surface area contributed by atoms with Gasteiger partial charge in [0, 0.05) is 37.5 Å². The van der Waals surface area contributed by atoms with E-state index in [-0.39, 0.29) is 18.3 Å². The van der Waals surface area contributed by atoms with Crippen molar-refractivity contribution in [3.05, 3.63) is 12.4 Å². The zero-order valence-corrected chi connectivity index (χ0v) is 15.6. The molecule has 1 N–H and O–H groups in total. The van der Waals surface area contributed by atoms with Gasteiger partial charge in [0.15, 0.2) is 0 Å². The van der Waals surface area contributed by atoms with Crippen LogP contribution in [-0.4, -0.2) is 57.3 Å². The van der Waals surface area contributed by atoms with Crippen molar-refractivity contribution in [1.29, 1.82) is 0 Å². The second kappa shape index (κ2) is 6.65. The second-order valence-electron chi connectivity index (χ2n) is 8.13. The number of aromatic nitrogens is 2. The predicted molar refractivity (Wildman–Crippen MR) is 94.9 cm³/mol. The first-order chi connectivity index (χ1) is 11.7. The zero-order chi connectivity index (χ0) is 18.2. The summed E-state index contributed by atoms with van der Waals surface area (Å²) < 4.78 is 14.0. The van der Waals surface area contributed by atoms with Gasteiger partial charge in [0.05, 0.1) is 11.2 Å². The topological polar surface area (TPSA) is 76.8 Å². The summed E-state index contributed by atoms with van der Waals surface area (Å²) in [6.07, 6.45) is 5.87. The van der Waals surface area contributed by atoms with Gasteiger partial charge in [0.25, 0.3) is 0 Å². The number of aryl methyl sites for hydroxylation is 1. The van der Waals surface area contributed by atoms with Gasteiger partial charge in [-0.05, 0) is 52.9 Å². The van der Waals surface area contributed by atoms with Gasteiger partial charge < -0.3 is 19.3 Å². The molecule has 0 saturated carbocycles. The Balaban J connectivity index is 1.51. The summed E-state index contributed by atoms with van der Waals surface area (Å²) >= 11 is 0. The summed E-state index contributed by atoms with van der Waals surface area (Å²) in [6, 6.07) is 0. The normalized spacial score (nSPS) is 23.2.